The van der Waals surface area contributed by atoms with Gasteiger partial charge in [0.05, 0.1) is 17.4 Å². The number of carbonyl (C=O) groups excluding carboxylic acids is 1. The topological polar surface area (TPSA) is 83.9 Å². The van der Waals surface area contributed by atoms with E-state index >= 15 is 0 Å². The summed E-state index contributed by atoms with van der Waals surface area (Å²) in [6, 6.07) is 5.62. The van der Waals surface area contributed by atoms with E-state index in [2.05, 4.69) is 25.3 Å². The van der Waals surface area contributed by atoms with E-state index in [-0.39, 0.29) is 18.8 Å². The standard InChI is InChI=1S/C19H19FN6O/c1-26-8-4-19(20,5-9-26)17(27)25-18-23-11-14-3-2-13(10-15(14)24-18)16-12-21-6-7-22-16/h2-3,6-7,10-12H,4-5,8-9H2,1H3,(H,23,24,25,27). The zero-order chi connectivity index (χ0) is 18.9. The number of alkyl halides is 1. The number of hydrogen-bond acceptors (Lipinski definition) is 6. The van der Waals surface area contributed by atoms with Crippen molar-refractivity contribution >= 4 is 22.8 Å². The molecule has 0 spiro atoms. The van der Waals surface area contributed by atoms with E-state index in [1.165, 1.54) is 0 Å². The van der Waals surface area contributed by atoms with Crippen molar-refractivity contribution < 1.29 is 9.18 Å². The summed E-state index contributed by atoms with van der Waals surface area (Å²) >= 11 is 0. The van der Waals surface area contributed by atoms with Crippen LogP contribution in [0.15, 0.2) is 43.0 Å². The first-order chi connectivity index (χ1) is 13.0. The summed E-state index contributed by atoms with van der Waals surface area (Å²) in [5.74, 6) is -0.584. The number of benzene rings is 1. The summed E-state index contributed by atoms with van der Waals surface area (Å²) in [6.07, 6.45) is 6.83. The first-order valence-corrected chi connectivity index (χ1v) is 8.76. The molecule has 138 valence electrons. The van der Waals surface area contributed by atoms with E-state index in [9.17, 15) is 9.18 Å². The minimum atomic E-state index is -1.88. The molecule has 1 aliphatic rings. The molecule has 3 heterocycles. The van der Waals surface area contributed by atoms with Gasteiger partial charge in [-0.15, -0.1) is 0 Å². The van der Waals surface area contributed by atoms with Gasteiger partial charge in [-0.1, -0.05) is 12.1 Å². The summed E-state index contributed by atoms with van der Waals surface area (Å²) in [5.41, 5.74) is 0.327. The van der Waals surface area contributed by atoms with E-state index in [1.807, 2.05) is 30.1 Å². The lowest BCUT2D eigenvalue weighted by molar-refractivity contribution is -0.130. The number of amides is 1. The van der Waals surface area contributed by atoms with Crippen molar-refractivity contribution in [1.29, 1.82) is 0 Å². The Morgan fingerprint density at radius 2 is 2.00 bits per heavy atom. The van der Waals surface area contributed by atoms with E-state index in [0.717, 1.165) is 16.6 Å². The number of nitrogens with one attached hydrogen (secondary N) is 1. The molecule has 0 aliphatic carbocycles. The van der Waals surface area contributed by atoms with Gasteiger partial charge in [-0.2, -0.15) is 0 Å². The molecule has 3 aromatic rings. The van der Waals surface area contributed by atoms with E-state index in [1.54, 1.807) is 24.8 Å². The Labute approximate surface area is 155 Å². The van der Waals surface area contributed by atoms with Crippen LogP contribution in [0.1, 0.15) is 12.8 Å². The van der Waals surface area contributed by atoms with E-state index in [4.69, 9.17) is 0 Å². The van der Waals surface area contributed by atoms with Crippen LogP contribution in [0.4, 0.5) is 10.3 Å². The zero-order valence-electron chi connectivity index (χ0n) is 14.9. The normalized spacial score (nSPS) is 17.0. The van der Waals surface area contributed by atoms with Crippen molar-refractivity contribution in [2.75, 3.05) is 25.5 Å². The molecular formula is C19H19FN6O. The van der Waals surface area contributed by atoms with Gasteiger partial charge in [0.2, 0.25) is 5.95 Å². The SMILES string of the molecule is CN1CCC(F)(C(=O)Nc2ncc3ccc(-c4cnccn4)cc3n2)CC1. The number of hydrogen-bond donors (Lipinski definition) is 1. The number of likely N-dealkylation sites (tertiary alicyclic amines) is 1. The Hall–Kier alpha value is -3.00. The molecule has 0 unspecified atom stereocenters. The third-order valence-corrected chi connectivity index (χ3v) is 4.85. The minimum absolute atomic E-state index is 0.0970. The minimum Gasteiger partial charge on any atom is -0.306 e. The Kier molecular flexibility index (Phi) is 4.49. The molecule has 0 radical (unpaired) electrons. The summed E-state index contributed by atoms with van der Waals surface area (Å²) < 4.78 is 14.9. The van der Waals surface area contributed by atoms with Crippen molar-refractivity contribution in [2.45, 2.75) is 18.5 Å². The van der Waals surface area contributed by atoms with Gasteiger partial charge in [0.15, 0.2) is 5.67 Å². The van der Waals surface area contributed by atoms with Gasteiger partial charge in [0.25, 0.3) is 5.91 Å². The fraction of sp³-hybridized carbons (Fsp3) is 0.316. The molecule has 7 nitrogen and oxygen atoms in total. The highest BCUT2D eigenvalue weighted by Gasteiger charge is 2.41. The van der Waals surface area contributed by atoms with Crippen molar-refractivity contribution in [3.63, 3.8) is 0 Å². The fourth-order valence-corrected chi connectivity index (χ4v) is 3.10. The van der Waals surface area contributed by atoms with Crippen LogP contribution in [0.3, 0.4) is 0 Å². The number of aromatic nitrogens is 4. The Morgan fingerprint density at radius 3 is 2.74 bits per heavy atom. The van der Waals surface area contributed by atoms with Crippen LogP contribution in [-0.4, -0.2) is 56.5 Å². The van der Waals surface area contributed by atoms with E-state index < -0.39 is 11.6 Å². The molecule has 27 heavy (non-hydrogen) atoms. The number of nitrogens with zero attached hydrogens (tertiary/aromatic N) is 5. The molecule has 1 saturated heterocycles. The lowest BCUT2D eigenvalue weighted by atomic mass is 9.93. The average Bonchev–Trinajstić information content (AvgIpc) is 2.70. The van der Waals surface area contributed by atoms with Gasteiger partial charge < -0.3 is 4.90 Å². The Morgan fingerprint density at radius 1 is 1.19 bits per heavy atom. The van der Waals surface area contributed by atoms with Gasteiger partial charge in [-0.25, -0.2) is 14.4 Å². The molecule has 1 aliphatic heterocycles. The van der Waals surface area contributed by atoms with Crippen molar-refractivity contribution in [3.05, 3.63) is 43.0 Å². The Bertz CT molecular complexity index is 972. The highest BCUT2D eigenvalue weighted by Crippen LogP contribution is 2.28. The predicted molar refractivity (Wildman–Crippen MR) is 99.8 cm³/mol. The van der Waals surface area contributed by atoms with Crippen LogP contribution in [-0.2, 0) is 4.79 Å². The van der Waals surface area contributed by atoms with Gasteiger partial charge in [0.1, 0.15) is 0 Å². The number of rotatable bonds is 3. The fourth-order valence-electron chi connectivity index (χ4n) is 3.10. The molecular weight excluding hydrogens is 347 g/mol. The van der Waals surface area contributed by atoms with Gasteiger partial charge in [0, 0.05) is 55.5 Å². The van der Waals surface area contributed by atoms with Gasteiger partial charge >= 0.3 is 0 Å². The second kappa shape index (κ2) is 6.96. The van der Waals surface area contributed by atoms with Crippen molar-refractivity contribution in [1.82, 2.24) is 24.8 Å². The maximum absolute atomic E-state index is 14.9. The predicted octanol–water partition coefficient (Wildman–Crippen LogP) is 2.46. The maximum Gasteiger partial charge on any atom is 0.264 e. The molecule has 1 N–H and O–H groups in total. The monoisotopic (exact) mass is 366 g/mol. The van der Waals surface area contributed by atoms with Crippen LogP contribution in [0.25, 0.3) is 22.2 Å². The number of carbonyl (C=O) groups is 1. The third kappa shape index (κ3) is 3.61. The molecule has 0 atom stereocenters. The quantitative estimate of drug-likeness (QED) is 0.767. The van der Waals surface area contributed by atoms with Gasteiger partial charge in [-0.3, -0.25) is 20.1 Å². The zero-order valence-corrected chi connectivity index (χ0v) is 14.9. The molecule has 0 bridgehead atoms. The molecule has 4 rings (SSSR count). The van der Waals surface area contributed by atoms with Crippen LogP contribution in [0.2, 0.25) is 0 Å². The number of anilines is 1. The summed E-state index contributed by atoms with van der Waals surface area (Å²) in [6.45, 7) is 1.09. The average molecular weight is 366 g/mol. The third-order valence-electron chi connectivity index (χ3n) is 4.85. The molecule has 1 aromatic carbocycles. The summed E-state index contributed by atoms with van der Waals surface area (Å²) in [7, 11) is 1.92. The van der Waals surface area contributed by atoms with Crippen LogP contribution < -0.4 is 5.32 Å². The molecule has 1 fully saturated rings. The second-order valence-electron chi connectivity index (χ2n) is 6.78. The first-order valence-electron chi connectivity index (χ1n) is 8.76. The highest BCUT2D eigenvalue weighted by molar-refractivity contribution is 5.96. The highest BCUT2D eigenvalue weighted by atomic mass is 19.1. The number of fused-ring (bicyclic) bond motifs is 1. The largest absolute Gasteiger partial charge is 0.306 e. The van der Waals surface area contributed by atoms with E-state index in [0.29, 0.717) is 18.6 Å². The van der Waals surface area contributed by atoms with Crippen LogP contribution in [0, 0.1) is 0 Å². The van der Waals surface area contributed by atoms with Gasteiger partial charge in [-0.05, 0) is 13.1 Å². The molecule has 1 amide bonds. The van der Waals surface area contributed by atoms with Crippen LogP contribution >= 0.6 is 0 Å². The lowest BCUT2D eigenvalue weighted by Gasteiger charge is -2.32. The van der Waals surface area contributed by atoms with Crippen molar-refractivity contribution in [3.8, 4) is 11.3 Å². The molecule has 8 heteroatoms. The van der Waals surface area contributed by atoms with Crippen molar-refractivity contribution in [2.24, 2.45) is 0 Å². The number of halogens is 1. The first kappa shape index (κ1) is 17.4. The number of piperidine rings is 1. The molecule has 2 aromatic heterocycles. The summed E-state index contributed by atoms with van der Waals surface area (Å²) in [4.78, 5) is 31.3. The Balaban J connectivity index is 1.58. The van der Waals surface area contributed by atoms with Crippen LogP contribution in [0.5, 0.6) is 0 Å². The summed E-state index contributed by atoms with van der Waals surface area (Å²) in [5, 5.41) is 3.35. The lowest BCUT2D eigenvalue weighted by Crippen LogP contribution is -2.47. The molecule has 0 saturated carbocycles. The maximum atomic E-state index is 14.9. The smallest absolute Gasteiger partial charge is 0.264 e. The second-order valence-corrected chi connectivity index (χ2v) is 6.78.